The number of anilines is 2. The minimum Gasteiger partial charge on any atom is -0.368 e. The van der Waals surface area contributed by atoms with E-state index in [1.807, 2.05) is 6.07 Å². The third-order valence-electron chi connectivity index (χ3n) is 4.63. The quantitative estimate of drug-likeness (QED) is 0.502. The molecule has 0 spiro atoms. The van der Waals surface area contributed by atoms with Gasteiger partial charge in [0, 0.05) is 0 Å². The normalized spacial score (nSPS) is 11.8. The smallest absolute Gasteiger partial charge is 0.267 e. The molecule has 0 aliphatic heterocycles. The molecule has 0 saturated carbocycles. The summed E-state index contributed by atoms with van der Waals surface area (Å²) in [7, 11) is 0. The largest absolute Gasteiger partial charge is 0.368 e. The van der Waals surface area contributed by atoms with Gasteiger partial charge >= 0.3 is 0 Å². The first kappa shape index (κ1) is 20.3. The van der Waals surface area contributed by atoms with Crippen LogP contribution in [0.4, 0.5) is 16.2 Å². The molecule has 0 amide bonds. The summed E-state index contributed by atoms with van der Waals surface area (Å²) in [5.41, 5.74) is 6.24. The lowest BCUT2D eigenvalue weighted by atomic mass is 10.2. The molecule has 2 aromatic heterocycles. The Bertz CT molecular complexity index is 1400. The highest BCUT2D eigenvalue weighted by Gasteiger charge is 2.21. The summed E-state index contributed by atoms with van der Waals surface area (Å²) >= 11 is 6.27. The number of nitrogen functional groups attached to an aromatic ring is 1. The molecule has 0 saturated heterocycles. The van der Waals surface area contributed by atoms with E-state index in [9.17, 15) is 14.4 Å². The number of nitrogens with two attached hydrogens (primary N) is 1. The van der Waals surface area contributed by atoms with E-state index in [0.29, 0.717) is 17.0 Å². The van der Waals surface area contributed by atoms with Crippen LogP contribution < -0.4 is 16.6 Å². The first-order chi connectivity index (χ1) is 14.9. The van der Waals surface area contributed by atoms with Crippen LogP contribution in [-0.2, 0) is 0 Å². The number of fused-ring (bicyclic) bond motifs is 1. The van der Waals surface area contributed by atoms with Gasteiger partial charge in [0.2, 0.25) is 5.95 Å². The molecular weight excluding hydrogens is 421 g/mol. The van der Waals surface area contributed by atoms with Gasteiger partial charge in [-0.3, -0.25) is 9.36 Å². The summed E-state index contributed by atoms with van der Waals surface area (Å²) in [6.07, 6.45) is 1.30. The Morgan fingerprint density at radius 2 is 1.97 bits per heavy atom. The lowest BCUT2D eigenvalue weighted by Crippen LogP contribution is -2.27. The third-order valence-corrected chi connectivity index (χ3v) is 4.94. The number of halogens is 2. The van der Waals surface area contributed by atoms with Gasteiger partial charge in [0.1, 0.15) is 29.1 Å². The summed E-state index contributed by atoms with van der Waals surface area (Å²) in [5, 5.41) is 12.9. The first-order valence-corrected chi connectivity index (χ1v) is 9.53. The summed E-state index contributed by atoms with van der Waals surface area (Å²) in [5.74, 6) is 0.0651. The fourth-order valence-corrected chi connectivity index (χ4v) is 3.44. The molecule has 0 aliphatic rings. The number of hydrogen-bond acceptors (Lipinski definition) is 7. The third kappa shape index (κ3) is 3.76. The maximum atomic E-state index is 13.5. The zero-order valence-electron chi connectivity index (χ0n) is 16.2. The predicted octanol–water partition coefficient (Wildman–Crippen LogP) is 3.60. The molecule has 2 aromatic carbocycles. The fourth-order valence-electron chi connectivity index (χ4n) is 3.19. The molecule has 1 unspecified atom stereocenters. The van der Waals surface area contributed by atoms with Crippen molar-refractivity contribution in [3.8, 4) is 11.8 Å². The average molecular weight is 436 g/mol. The highest BCUT2D eigenvalue weighted by molar-refractivity contribution is 6.35. The molecule has 0 fully saturated rings. The SMILES string of the molecule is CC(Nc1nc(N)ncc1C#N)c1nc2cccc(Cl)c2c(=O)n1-c1ccc(F)cc1. The second-order valence-corrected chi connectivity index (χ2v) is 7.10. The highest BCUT2D eigenvalue weighted by Crippen LogP contribution is 2.25. The highest BCUT2D eigenvalue weighted by atomic mass is 35.5. The van der Waals surface area contributed by atoms with Gasteiger partial charge < -0.3 is 11.1 Å². The molecule has 31 heavy (non-hydrogen) atoms. The Hall–Kier alpha value is -4.03. The molecule has 8 nitrogen and oxygen atoms in total. The monoisotopic (exact) mass is 435 g/mol. The number of hydrogen-bond donors (Lipinski definition) is 2. The zero-order valence-corrected chi connectivity index (χ0v) is 16.9. The molecule has 1 atom stereocenters. The van der Waals surface area contributed by atoms with Crippen molar-refractivity contribution in [2.75, 3.05) is 11.1 Å². The van der Waals surface area contributed by atoms with Crippen molar-refractivity contribution in [2.24, 2.45) is 0 Å². The van der Waals surface area contributed by atoms with Crippen LogP contribution in [0.2, 0.25) is 5.02 Å². The fraction of sp³-hybridized carbons (Fsp3) is 0.0952. The topological polar surface area (TPSA) is 123 Å². The van der Waals surface area contributed by atoms with E-state index >= 15 is 0 Å². The van der Waals surface area contributed by atoms with Gasteiger partial charge in [-0.05, 0) is 43.3 Å². The van der Waals surface area contributed by atoms with E-state index in [1.54, 1.807) is 25.1 Å². The van der Waals surface area contributed by atoms with Crippen LogP contribution >= 0.6 is 11.6 Å². The van der Waals surface area contributed by atoms with Gasteiger partial charge in [0.15, 0.2) is 0 Å². The Labute approximate surface area is 180 Å². The molecule has 10 heteroatoms. The average Bonchev–Trinajstić information content (AvgIpc) is 2.74. The van der Waals surface area contributed by atoms with Crippen molar-refractivity contribution in [2.45, 2.75) is 13.0 Å². The maximum absolute atomic E-state index is 13.5. The zero-order chi connectivity index (χ0) is 22.1. The van der Waals surface area contributed by atoms with E-state index in [4.69, 9.17) is 17.3 Å². The number of nitriles is 1. The van der Waals surface area contributed by atoms with E-state index < -0.39 is 17.4 Å². The molecule has 0 bridgehead atoms. The minimum absolute atomic E-state index is 0.0112. The van der Waals surface area contributed by atoms with Crippen LogP contribution in [0.25, 0.3) is 16.6 Å². The number of aromatic nitrogens is 4. The lowest BCUT2D eigenvalue weighted by Gasteiger charge is -2.20. The molecule has 3 N–H and O–H groups in total. The van der Waals surface area contributed by atoms with Gasteiger partial charge in [-0.25, -0.2) is 14.4 Å². The summed E-state index contributed by atoms with van der Waals surface area (Å²) in [6, 6.07) is 11.8. The van der Waals surface area contributed by atoms with Crippen LogP contribution in [0.5, 0.6) is 0 Å². The number of benzene rings is 2. The Morgan fingerprint density at radius 1 is 1.23 bits per heavy atom. The maximum Gasteiger partial charge on any atom is 0.267 e. The minimum atomic E-state index is -0.595. The summed E-state index contributed by atoms with van der Waals surface area (Å²) in [6.45, 7) is 1.75. The van der Waals surface area contributed by atoms with Gasteiger partial charge in [-0.2, -0.15) is 10.2 Å². The van der Waals surface area contributed by atoms with Gasteiger partial charge in [0.05, 0.1) is 33.9 Å². The summed E-state index contributed by atoms with van der Waals surface area (Å²) in [4.78, 5) is 25.9. The van der Waals surface area contributed by atoms with Crippen LogP contribution in [0.1, 0.15) is 24.4 Å². The van der Waals surface area contributed by atoms with Crippen molar-refractivity contribution >= 4 is 34.3 Å². The van der Waals surface area contributed by atoms with Crippen LogP contribution in [0, 0.1) is 17.1 Å². The van der Waals surface area contributed by atoms with Gasteiger partial charge in [-0.15, -0.1) is 0 Å². The van der Waals surface area contributed by atoms with Crippen molar-refractivity contribution in [3.63, 3.8) is 0 Å². The lowest BCUT2D eigenvalue weighted by molar-refractivity contribution is 0.626. The molecule has 0 aliphatic carbocycles. The second kappa shape index (κ2) is 8.01. The van der Waals surface area contributed by atoms with Gasteiger partial charge in [0.25, 0.3) is 5.56 Å². The molecule has 4 rings (SSSR count). The van der Waals surface area contributed by atoms with E-state index in [2.05, 4.69) is 20.3 Å². The van der Waals surface area contributed by atoms with E-state index in [1.165, 1.54) is 35.0 Å². The standard InChI is InChI=1S/C21H15ClFN7O/c1-11(27-18-12(9-24)10-26-21(25)29-18)19-28-16-4-2-3-15(22)17(16)20(31)30(19)14-7-5-13(23)6-8-14/h2-8,10-11H,1H3,(H3,25,26,27,29). The molecule has 0 radical (unpaired) electrons. The van der Waals surface area contributed by atoms with Crippen molar-refractivity contribution in [3.05, 3.63) is 81.2 Å². The Morgan fingerprint density at radius 3 is 2.68 bits per heavy atom. The van der Waals surface area contributed by atoms with Gasteiger partial charge in [-0.1, -0.05) is 17.7 Å². The molecule has 154 valence electrons. The van der Waals surface area contributed by atoms with Crippen molar-refractivity contribution < 1.29 is 4.39 Å². The predicted molar refractivity (Wildman–Crippen MR) is 116 cm³/mol. The molecule has 2 heterocycles. The van der Waals surface area contributed by atoms with Crippen molar-refractivity contribution in [1.29, 1.82) is 5.26 Å². The van der Waals surface area contributed by atoms with E-state index in [-0.39, 0.29) is 27.7 Å². The van der Waals surface area contributed by atoms with Crippen LogP contribution in [0.3, 0.4) is 0 Å². The molecular formula is C21H15ClFN7O. The van der Waals surface area contributed by atoms with Crippen molar-refractivity contribution in [1.82, 2.24) is 19.5 Å². The second-order valence-electron chi connectivity index (χ2n) is 6.69. The Kier molecular flexibility index (Phi) is 5.23. The number of nitrogens with one attached hydrogen (secondary N) is 1. The first-order valence-electron chi connectivity index (χ1n) is 9.15. The van der Waals surface area contributed by atoms with Crippen LogP contribution in [-0.4, -0.2) is 19.5 Å². The number of nitrogens with zero attached hydrogens (tertiary/aromatic N) is 5. The molecule has 4 aromatic rings. The Balaban J connectivity index is 1.93. The summed E-state index contributed by atoms with van der Waals surface area (Å²) < 4.78 is 14.8. The van der Waals surface area contributed by atoms with E-state index in [0.717, 1.165) is 0 Å². The van der Waals surface area contributed by atoms with Crippen LogP contribution in [0.15, 0.2) is 53.5 Å². The number of rotatable bonds is 4.